The summed E-state index contributed by atoms with van der Waals surface area (Å²) in [4.78, 5) is 10.9. The van der Waals surface area contributed by atoms with E-state index in [1.54, 1.807) is 19.1 Å². The molecule has 0 heterocycles. The second-order valence-corrected chi connectivity index (χ2v) is 4.63. The van der Waals surface area contributed by atoms with Crippen molar-refractivity contribution in [3.05, 3.63) is 26.6 Å². The lowest BCUT2D eigenvalue weighted by atomic mass is 10.2. The zero-order chi connectivity index (χ0) is 12.8. The lowest BCUT2D eigenvalue weighted by Crippen LogP contribution is -2.18. The van der Waals surface area contributed by atoms with E-state index in [-0.39, 0.29) is 12.4 Å². The summed E-state index contributed by atoms with van der Waals surface area (Å²) >= 11 is 6.38. The third-order valence-electron chi connectivity index (χ3n) is 1.68. The van der Waals surface area contributed by atoms with Gasteiger partial charge in [-0.2, -0.15) is 5.10 Å². The zero-order valence-electron chi connectivity index (χ0n) is 8.91. The molecule has 0 spiro atoms. The van der Waals surface area contributed by atoms with Crippen LogP contribution in [-0.4, -0.2) is 24.0 Å². The minimum atomic E-state index is -0.611. The molecule has 2 N–H and O–H groups in total. The van der Waals surface area contributed by atoms with Crippen LogP contribution in [0.5, 0.6) is 5.75 Å². The summed E-state index contributed by atoms with van der Waals surface area (Å²) in [5.74, 6) is 0.112. The molecule has 1 aromatic rings. The van der Waals surface area contributed by atoms with Gasteiger partial charge in [-0.3, -0.25) is 0 Å². The molecule has 1 aromatic carbocycles. The molecule has 0 saturated heterocycles. The summed E-state index contributed by atoms with van der Waals surface area (Å²) in [5.41, 5.74) is 2.91. The van der Waals surface area contributed by atoms with E-state index >= 15 is 0 Å². The predicted octanol–water partition coefficient (Wildman–Crippen LogP) is 3.00. The Hall–Kier alpha value is -1.08. The van der Waals surface area contributed by atoms with Crippen molar-refractivity contribution >= 4 is 44.2 Å². The molecular formula is C10H10Br2N2O3. The van der Waals surface area contributed by atoms with E-state index in [0.717, 1.165) is 0 Å². The molecule has 0 radical (unpaired) electrons. The monoisotopic (exact) mass is 364 g/mol. The first-order chi connectivity index (χ1) is 8.04. The first-order valence-corrected chi connectivity index (χ1v) is 6.27. The number of rotatable bonds is 3. The van der Waals surface area contributed by atoms with E-state index in [0.29, 0.717) is 14.5 Å². The quantitative estimate of drug-likeness (QED) is 0.638. The van der Waals surface area contributed by atoms with Gasteiger partial charge in [-0.05, 0) is 56.5 Å². The van der Waals surface area contributed by atoms with Crippen molar-refractivity contribution in [2.24, 2.45) is 5.10 Å². The van der Waals surface area contributed by atoms with Gasteiger partial charge in [-0.15, -0.1) is 0 Å². The van der Waals surface area contributed by atoms with Crippen LogP contribution in [0.1, 0.15) is 12.5 Å². The van der Waals surface area contributed by atoms with Crippen molar-refractivity contribution in [3.63, 3.8) is 0 Å². The minimum absolute atomic E-state index is 0.112. The van der Waals surface area contributed by atoms with E-state index in [1.807, 2.05) is 0 Å². The van der Waals surface area contributed by atoms with E-state index in [2.05, 4.69) is 47.1 Å². The number of benzene rings is 1. The normalized spacial score (nSPS) is 10.5. The van der Waals surface area contributed by atoms with Crippen LogP contribution in [0.4, 0.5) is 4.79 Å². The maximum absolute atomic E-state index is 10.9. The summed E-state index contributed by atoms with van der Waals surface area (Å²) in [7, 11) is 0. The molecule has 17 heavy (non-hydrogen) atoms. The number of halogens is 2. The molecule has 0 aliphatic heterocycles. The van der Waals surface area contributed by atoms with Gasteiger partial charge < -0.3 is 9.84 Å². The van der Waals surface area contributed by atoms with Crippen LogP contribution in [0.2, 0.25) is 0 Å². The van der Waals surface area contributed by atoms with Gasteiger partial charge in [0.25, 0.3) is 0 Å². The third kappa shape index (κ3) is 4.35. The average molecular weight is 366 g/mol. The van der Waals surface area contributed by atoms with Crippen molar-refractivity contribution < 1.29 is 14.6 Å². The van der Waals surface area contributed by atoms with Crippen molar-refractivity contribution in [3.8, 4) is 5.75 Å². The number of phenolic OH excluding ortho intramolecular Hbond substituents is 1. The standard InChI is InChI=1S/C10H10Br2N2O3/c1-2-17-10(16)14-13-5-6-3-7(11)9(15)8(12)4-6/h3-5,15H,2H2,1H3,(H,14,16). The molecule has 0 saturated carbocycles. The minimum Gasteiger partial charge on any atom is -0.506 e. The van der Waals surface area contributed by atoms with Gasteiger partial charge in [-0.1, -0.05) is 0 Å². The second-order valence-electron chi connectivity index (χ2n) is 2.92. The maximum atomic E-state index is 10.9. The zero-order valence-corrected chi connectivity index (χ0v) is 12.1. The number of carbonyl (C=O) groups excluding carboxylic acids is 1. The highest BCUT2D eigenvalue weighted by molar-refractivity contribution is 9.11. The molecule has 0 aliphatic carbocycles. The second kappa shape index (κ2) is 6.61. The smallest absolute Gasteiger partial charge is 0.427 e. The lowest BCUT2D eigenvalue weighted by molar-refractivity contribution is 0.152. The molecule has 0 fully saturated rings. The summed E-state index contributed by atoms with van der Waals surface area (Å²) in [6.07, 6.45) is 0.826. The van der Waals surface area contributed by atoms with Crippen LogP contribution >= 0.6 is 31.9 Å². The molecule has 0 aromatic heterocycles. The van der Waals surface area contributed by atoms with E-state index in [4.69, 9.17) is 0 Å². The predicted molar refractivity (Wildman–Crippen MR) is 71.3 cm³/mol. The molecule has 5 nitrogen and oxygen atoms in total. The summed E-state index contributed by atoms with van der Waals surface area (Å²) in [6.45, 7) is 2.00. The fourth-order valence-corrected chi connectivity index (χ4v) is 2.20. The van der Waals surface area contributed by atoms with Gasteiger partial charge in [0.1, 0.15) is 5.75 Å². The molecule has 92 valence electrons. The summed E-state index contributed by atoms with van der Waals surface area (Å²) in [5, 5.41) is 13.2. The molecule has 0 atom stereocenters. The van der Waals surface area contributed by atoms with Crippen molar-refractivity contribution in [2.75, 3.05) is 6.61 Å². The molecule has 0 aliphatic rings. The first-order valence-electron chi connectivity index (χ1n) is 4.68. The van der Waals surface area contributed by atoms with Gasteiger partial charge in [0.2, 0.25) is 0 Å². The molecule has 7 heteroatoms. The first kappa shape index (κ1) is 14.0. The maximum Gasteiger partial charge on any atom is 0.427 e. The number of carbonyl (C=O) groups is 1. The average Bonchev–Trinajstić information content (AvgIpc) is 2.26. The van der Waals surface area contributed by atoms with Crippen molar-refractivity contribution in [1.29, 1.82) is 0 Å². The number of phenols is 1. The van der Waals surface area contributed by atoms with Crippen LogP contribution < -0.4 is 5.43 Å². The summed E-state index contributed by atoms with van der Waals surface area (Å²) < 4.78 is 5.69. The van der Waals surface area contributed by atoms with Crippen molar-refractivity contribution in [1.82, 2.24) is 5.43 Å². The summed E-state index contributed by atoms with van der Waals surface area (Å²) in [6, 6.07) is 3.33. The number of nitrogens with zero attached hydrogens (tertiary/aromatic N) is 1. The Morgan fingerprint density at radius 2 is 2.12 bits per heavy atom. The fourth-order valence-electron chi connectivity index (χ4n) is 0.983. The third-order valence-corrected chi connectivity index (χ3v) is 2.89. The number of hydrogen-bond donors (Lipinski definition) is 2. The largest absolute Gasteiger partial charge is 0.506 e. The molecule has 1 rings (SSSR count). The number of hydrogen-bond acceptors (Lipinski definition) is 4. The van der Waals surface area contributed by atoms with E-state index in [9.17, 15) is 9.90 Å². The van der Waals surface area contributed by atoms with Crippen LogP contribution in [0.3, 0.4) is 0 Å². The Balaban J connectivity index is 2.69. The van der Waals surface area contributed by atoms with Gasteiger partial charge in [0.15, 0.2) is 0 Å². The highest BCUT2D eigenvalue weighted by Gasteiger charge is 2.04. The Bertz CT molecular complexity index is 426. The lowest BCUT2D eigenvalue weighted by Gasteiger charge is -2.02. The van der Waals surface area contributed by atoms with Gasteiger partial charge in [0, 0.05) is 0 Å². The fraction of sp³-hybridized carbons (Fsp3) is 0.200. The number of nitrogens with one attached hydrogen (secondary N) is 1. The van der Waals surface area contributed by atoms with E-state index in [1.165, 1.54) is 6.21 Å². The van der Waals surface area contributed by atoms with E-state index < -0.39 is 6.09 Å². The Morgan fingerprint density at radius 1 is 1.53 bits per heavy atom. The molecule has 1 amide bonds. The molecule has 0 bridgehead atoms. The number of hydrazone groups is 1. The molecular weight excluding hydrogens is 356 g/mol. The van der Waals surface area contributed by atoms with Gasteiger partial charge >= 0.3 is 6.09 Å². The number of ether oxygens (including phenoxy) is 1. The van der Waals surface area contributed by atoms with Crippen LogP contribution in [0.25, 0.3) is 0 Å². The Morgan fingerprint density at radius 3 is 2.65 bits per heavy atom. The number of amides is 1. The highest BCUT2D eigenvalue weighted by Crippen LogP contribution is 2.32. The topological polar surface area (TPSA) is 70.9 Å². The van der Waals surface area contributed by atoms with Crippen LogP contribution in [0, 0.1) is 0 Å². The Kier molecular flexibility index (Phi) is 5.43. The van der Waals surface area contributed by atoms with Gasteiger partial charge in [0.05, 0.1) is 21.8 Å². The highest BCUT2D eigenvalue weighted by atomic mass is 79.9. The SMILES string of the molecule is CCOC(=O)NN=Cc1cc(Br)c(O)c(Br)c1. The Labute approximate surface area is 115 Å². The van der Waals surface area contributed by atoms with Crippen molar-refractivity contribution in [2.45, 2.75) is 6.92 Å². The van der Waals surface area contributed by atoms with Crippen LogP contribution in [0.15, 0.2) is 26.2 Å². The van der Waals surface area contributed by atoms with Gasteiger partial charge in [-0.25, -0.2) is 10.2 Å². The molecule has 0 unspecified atom stereocenters. The van der Waals surface area contributed by atoms with Crippen LogP contribution in [-0.2, 0) is 4.74 Å². The number of aromatic hydroxyl groups is 1.